The fourth-order valence-corrected chi connectivity index (χ4v) is 2.04. The molecule has 0 saturated carbocycles. The molecule has 0 amide bonds. The molecule has 4 heteroatoms. The summed E-state index contributed by atoms with van der Waals surface area (Å²) in [6.45, 7) is 11.1. The largest absolute Gasteiger partial charge is 0.373 e. The Morgan fingerprint density at radius 3 is 2.33 bits per heavy atom. The van der Waals surface area contributed by atoms with Crippen molar-refractivity contribution in [3.63, 3.8) is 0 Å². The molecule has 1 aromatic rings. The molecule has 0 aromatic carbocycles. The lowest BCUT2D eigenvalue weighted by Crippen LogP contribution is -2.17. The Morgan fingerprint density at radius 1 is 1.22 bits per heavy atom. The third-order valence-corrected chi connectivity index (χ3v) is 3.04. The van der Waals surface area contributed by atoms with Gasteiger partial charge in [0.25, 0.3) is 0 Å². The first-order valence-electron chi connectivity index (χ1n) is 6.71. The number of anilines is 1. The van der Waals surface area contributed by atoms with Crippen LogP contribution in [0.1, 0.15) is 50.9 Å². The minimum Gasteiger partial charge on any atom is -0.373 e. The highest BCUT2D eigenvalue weighted by atomic mass is 16.5. The molecule has 18 heavy (non-hydrogen) atoms. The lowest BCUT2D eigenvalue weighted by Gasteiger charge is -2.21. The Balaban J connectivity index is 3.21. The van der Waals surface area contributed by atoms with E-state index in [1.165, 1.54) is 0 Å². The van der Waals surface area contributed by atoms with Crippen molar-refractivity contribution in [3.05, 3.63) is 17.1 Å². The lowest BCUT2D eigenvalue weighted by molar-refractivity contribution is 0.0231. The third-order valence-electron chi connectivity index (χ3n) is 3.04. The maximum absolute atomic E-state index is 5.78. The predicted octanol–water partition coefficient (Wildman–Crippen LogP) is 3.12. The van der Waals surface area contributed by atoms with Crippen molar-refractivity contribution in [3.8, 4) is 0 Å². The van der Waals surface area contributed by atoms with Gasteiger partial charge in [-0.25, -0.2) is 9.97 Å². The van der Waals surface area contributed by atoms with Crippen molar-refractivity contribution >= 4 is 5.82 Å². The zero-order valence-corrected chi connectivity index (χ0v) is 12.4. The molecule has 0 bridgehead atoms. The van der Waals surface area contributed by atoms with Crippen molar-refractivity contribution in [2.45, 2.75) is 47.1 Å². The van der Waals surface area contributed by atoms with Gasteiger partial charge >= 0.3 is 0 Å². The van der Waals surface area contributed by atoms with Gasteiger partial charge in [-0.05, 0) is 26.2 Å². The van der Waals surface area contributed by atoms with Crippen LogP contribution in [0.15, 0.2) is 0 Å². The highest BCUT2D eigenvalue weighted by Gasteiger charge is 2.21. The number of nitrogens with zero attached hydrogens (tertiary/aromatic N) is 2. The fourth-order valence-electron chi connectivity index (χ4n) is 2.04. The second kappa shape index (κ2) is 6.69. The molecule has 0 aliphatic heterocycles. The van der Waals surface area contributed by atoms with E-state index in [1.807, 2.05) is 14.0 Å². The Kier molecular flexibility index (Phi) is 5.54. The molecule has 0 aliphatic rings. The second-order valence-corrected chi connectivity index (χ2v) is 4.73. The Labute approximate surface area is 110 Å². The molecule has 0 aliphatic carbocycles. The third kappa shape index (κ3) is 3.19. The molecule has 0 saturated heterocycles. The predicted molar refractivity (Wildman–Crippen MR) is 74.9 cm³/mol. The summed E-state index contributed by atoms with van der Waals surface area (Å²) < 4.78 is 5.78. The molecule has 0 fully saturated rings. The van der Waals surface area contributed by atoms with E-state index in [0.717, 1.165) is 29.3 Å². The van der Waals surface area contributed by atoms with Crippen molar-refractivity contribution in [2.75, 3.05) is 19.0 Å². The van der Waals surface area contributed by atoms with Crippen LogP contribution in [-0.2, 0) is 11.2 Å². The summed E-state index contributed by atoms with van der Waals surface area (Å²) in [6, 6.07) is 0. The van der Waals surface area contributed by atoms with Gasteiger partial charge in [0.1, 0.15) is 11.9 Å². The molecule has 0 radical (unpaired) electrons. The topological polar surface area (TPSA) is 47.0 Å². The number of hydrogen-bond acceptors (Lipinski definition) is 4. The first-order chi connectivity index (χ1) is 8.54. The highest BCUT2D eigenvalue weighted by molar-refractivity contribution is 5.45. The number of rotatable bonds is 6. The summed E-state index contributed by atoms with van der Waals surface area (Å²) in [5, 5.41) is 3.14. The van der Waals surface area contributed by atoms with E-state index in [-0.39, 0.29) is 6.10 Å². The summed E-state index contributed by atoms with van der Waals surface area (Å²) >= 11 is 0. The molecular weight excluding hydrogens is 226 g/mol. The zero-order chi connectivity index (χ0) is 13.7. The Bertz CT molecular complexity index is 366. The number of ether oxygens (including phenoxy) is 1. The van der Waals surface area contributed by atoms with E-state index >= 15 is 0 Å². The zero-order valence-electron chi connectivity index (χ0n) is 12.4. The molecular formula is C14H25N3O. The summed E-state index contributed by atoms with van der Waals surface area (Å²) in [7, 11) is 1.89. The molecule has 4 nitrogen and oxygen atoms in total. The van der Waals surface area contributed by atoms with E-state index in [9.17, 15) is 0 Å². The van der Waals surface area contributed by atoms with E-state index < -0.39 is 0 Å². The van der Waals surface area contributed by atoms with E-state index in [2.05, 4.69) is 43.0 Å². The van der Waals surface area contributed by atoms with Crippen LogP contribution in [-0.4, -0.2) is 23.6 Å². The summed E-state index contributed by atoms with van der Waals surface area (Å²) in [4.78, 5) is 9.26. The molecule has 1 unspecified atom stereocenters. The van der Waals surface area contributed by atoms with Gasteiger partial charge in [-0.3, -0.25) is 0 Å². The first-order valence-corrected chi connectivity index (χ1v) is 6.71. The number of nitrogens with one attached hydrogen (secondary N) is 1. The number of aromatic nitrogens is 2. The maximum atomic E-state index is 5.78. The summed E-state index contributed by atoms with van der Waals surface area (Å²) in [5.74, 6) is 2.06. The van der Waals surface area contributed by atoms with Crippen LogP contribution in [0.2, 0.25) is 0 Å². The van der Waals surface area contributed by atoms with Gasteiger partial charge in [-0.2, -0.15) is 0 Å². The standard InChI is InChI=1S/C14H25N3O/c1-7-11-10(5)13(15-6)17-14(16-11)12(9(3)4)18-8-2/h9,12H,7-8H2,1-6H3,(H,15,16,17). The van der Waals surface area contributed by atoms with E-state index in [0.29, 0.717) is 12.5 Å². The molecule has 1 rings (SSSR count). The van der Waals surface area contributed by atoms with Crippen LogP contribution in [0.5, 0.6) is 0 Å². The lowest BCUT2D eigenvalue weighted by atomic mass is 10.1. The SMILES string of the molecule is CCOC(c1nc(CC)c(C)c(NC)n1)C(C)C. The fraction of sp³-hybridized carbons (Fsp3) is 0.714. The quantitative estimate of drug-likeness (QED) is 0.844. The van der Waals surface area contributed by atoms with Gasteiger partial charge in [-0.15, -0.1) is 0 Å². The van der Waals surface area contributed by atoms with Crippen molar-refractivity contribution in [1.29, 1.82) is 0 Å². The molecule has 0 spiro atoms. The first kappa shape index (κ1) is 14.9. The van der Waals surface area contributed by atoms with Crippen molar-refractivity contribution < 1.29 is 4.74 Å². The van der Waals surface area contributed by atoms with Crippen LogP contribution in [0.25, 0.3) is 0 Å². The van der Waals surface area contributed by atoms with Gasteiger partial charge in [0.15, 0.2) is 5.82 Å². The average Bonchev–Trinajstić information content (AvgIpc) is 2.36. The van der Waals surface area contributed by atoms with Crippen molar-refractivity contribution in [2.24, 2.45) is 5.92 Å². The smallest absolute Gasteiger partial charge is 0.160 e. The van der Waals surface area contributed by atoms with Crippen molar-refractivity contribution in [1.82, 2.24) is 9.97 Å². The van der Waals surface area contributed by atoms with E-state index in [4.69, 9.17) is 4.74 Å². The van der Waals surface area contributed by atoms with Gasteiger partial charge in [-0.1, -0.05) is 20.8 Å². The summed E-state index contributed by atoms with van der Waals surface area (Å²) in [6.07, 6.45) is 0.875. The number of aryl methyl sites for hydroxylation is 1. The second-order valence-electron chi connectivity index (χ2n) is 4.73. The van der Waals surface area contributed by atoms with Crippen LogP contribution >= 0.6 is 0 Å². The van der Waals surface area contributed by atoms with Gasteiger partial charge in [0, 0.05) is 24.9 Å². The normalized spacial score (nSPS) is 12.8. The minimum absolute atomic E-state index is 0.0343. The van der Waals surface area contributed by atoms with Crippen LogP contribution < -0.4 is 5.32 Å². The molecule has 1 aromatic heterocycles. The monoisotopic (exact) mass is 251 g/mol. The molecule has 1 heterocycles. The van der Waals surface area contributed by atoms with E-state index in [1.54, 1.807) is 0 Å². The Hall–Kier alpha value is -1.16. The Morgan fingerprint density at radius 2 is 1.89 bits per heavy atom. The van der Waals surface area contributed by atoms with Gasteiger partial charge in [0.05, 0.1) is 0 Å². The number of hydrogen-bond donors (Lipinski definition) is 1. The molecule has 1 N–H and O–H groups in total. The highest BCUT2D eigenvalue weighted by Crippen LogP contribution is 2.26. The maximum Gasteiger partial charge on any atom is 0.160 e. The van der Waals surface area contributed by atoms with Crippen LogP contribution in [0.4, 0.5) is 5.82 Å². The van der Waals surface area contributed by atoms with Gasteiger partial charge in [0.2, 0.25) is 0 Å². The molecule has 102 valence electrons. The van der Waals surface area contributed by atoms with Crippen LogP contribution in [0, 0.1) is 12.8 Å². The van der Waals surface area contributed by atoms with Gasteiger partial charge < -0.3 is 10.1 Å². The summed E-state index contributed by atoms with van der Waals surface area (Å²) in [5.41, 5.74) is 2.22. The molecule has 1 atom stereocenters. The average molecular weight is 251 g/mol. The minimum atomic E-state index is -0.0343. The van der Waals surface area contributed by atoms with Crippen LogP contribution in [0.3, 0.4) is 0 Å².